The van der Waals surface area contributed by atoms with E-state index in [1.807, 2.05) is 13.8 Å². The quantitative estimate of drug-likeness (QED) is 0.780. The van der Waals surface area contributed by atoms with Crippen LogP contribution in [0.1, 0.15) is 20.3 Å². The molecule has 2 unspecified atom stereocenters. The van der Waals surface area contributed by atoms with Gasteiger partial charge in [-0.25, -0.2) is 9.18 Å². The van der Waals surface area contributed by atoms with Gasteiger partial charge in [0.25, 0.3) is 0 Å². The molecule has 110 valence electrons. The van der Waals surface area contributed by atoms with Crippen LogP contribution in [0.5, 0.6) is 0 Å². The number of primary amides is 1. The molecule has 20 heavy (non-hydrogen) atoms. The third kappa shape index (κ3) is 4.38. The van der Waals surface area contributed by atoms with Gasteiger partial charge in [0, 0.05) is 5.69 Å². The molecule has 3 amide bonds. The van der Waals surface area contributed by atoms with Gasteiger partial charge in [-0.15, -0.1) is 0 Å². The lowest BCUT2D eigenvalue weighted by molar-refractivity contribution is -0.119. The summed E-state index contributed by atoms with van der Waals surface area (Å²) in [6, 6.07) is 2.30. The first-order chi connectivity index (χ1) is 9.35. The van der Waals surface area contributed by atoms with Crippen molar-refractivity contribution < 1.29 is 14.0 Å². The van der Waals surface area contributed by atoms with Crippen LogP contribution < -0.4 is 16.4 Å². The van der Waals surface area contributed by atoms with E-state index in [-0.39, 0.29) is 10.9 Å². The van der Waals surface area contributed by atoms with Crippen molar-refractivity contribution in [3.63, 3.8) is 0 Å². The fraction of sp³-hybridized carbons (Fsp3) is 0.385. The lowest BCUT2D eigenvalue weighted by Gasteiger charge is -2.22. The zero-order valence-corrected chi connectivity index (χ0v) is 12.0. The second kappa shape index (κ2) is 7.09. The Hall–Kier alpha value is -1.82. The number of benzene rings is 1. The van der Waals surface area contributed by atoms with E-state index >= 15 is 0 Å². The van der Waals surface area contributed by atoms with Gasteiger partial charge in [-0.2, -0.15) is 0 Å². The maximum absolute atomic E-state index is 13.0. The molecule has 1 aromatic carbocycles. The summed E-state index contributed by atoms with van der Waals surface area (Å²) < 4.78 is 13.0. The summed E-state index contributed by atoms with van der Waals surface area (Å²) in [6.45, 7) is 3.71. The summed E-state index contributed by atoms with van der Waals surface area (Å²) in [5.41, 5.74) is 5.41. The number of rotatable bonds is 5. The van der Waals surface area contributed by atoms with Gasteiger partial charge in [0.1, 0.15) is 11.9 Å². The number of urea groups is 1. The minimum Gasteiger partial charge on any atom is -0.352 e. The van der Waals surface area contributed by atoms with Crippen molar-refractivity contribution in [3.05, 3.63) is 29.0 Å². The lowest BCUT2D eigenvalue weighted by Crippen LogP contribution is -2.49. The van der Waals surface area contributed by atoms with Gasteiger partial charge in [0.15, 0.2) is 0 Å². The third-order valence-corrected chi connectivity index (χ3v) is 3.27. The van der Waals surface area contributed by atoms with Crippen LogP contribution in [0.15, 0.2) is 18.2 Å². The van der Waals surface area contributed by atoms with Gasteiger partial charge >= 0.3 is 6.03 Å². The molecule has 7 heteroatoms. The minimum absolute atomic E-state index is 0.0919. The monoisotopic (exact) mass is 301 g/mol. The fourth-order valence-electron chi connectivity index (χ4n) is 1.65. The summed E-state index contributed by atoms with van der Waals surface area (Å²) in [5.74, 6) is -1.10. The van der Waals surface area contributed by atoms with E-state index in [0.717, 1.165) is 6.07 Å². The first-order valence-corrected chi connectivity index (χ1v) is 6.54. The molecule has 2 atom stereocenters. The number of carbonyl (C=O) groups is 2. The lowest BCUT2D eigenvalue weighted by atomic mass is 9.98. The van der Waals surface area contributed by atoms with Crippen LogP contribution in [0.2, 0.25) is 5.02 Å². The molecule has 0 saturated heterocycles. The minimum atomic E-state index is -0.775. The van der Waals surface area contributed by atoms with E-state index in [0.29, 0.717) is 12.1 Å². The maximum Gasteiger partial charge on any atom is 0.312 e. The first kappa shape index (κ1) is 16.2. The van der Waals surface area contributed by atoms with Crippen LogP contribution in [-0.4, -0.2) is 18.0 Å². The highest BCUT2D eigenvalue weighted by Crippen LogP contribution is 2.20. The van der Waals surface area contributed by atoms with Gasteiger partial charge in [-0.05, 0) is 24.1 Å². The Labute approximate surface area is 121 Å². The highest BCUT2D eigenvalue weighted by Gasteiger charge is 2.25. The number of anilines is 1. The first-order valence-electron chi connectivity index (χ1n) is 6.17. The van der Waals surface area contributed by atoms with Crippen LogP contribution in [-0.2, 0) is 4.79 Å². The van der Waals surface area contributed by atoms with Crippen LogP contribution in [0.4, 0.5) is 14.9 Å². The van der Waals surface area contributed by atoms with Gasteiger partial charge in [0.2, 0.25) is 5.91 Å². The maximum atomic E-state index is 13.0. The second-order valence-electron chi connectivity index (χ2n) is 4.49. The van der Waals surface area contributed by atoms with Gasteiger partial charge in [-0.1, -0.05) is 31.9 Å². The molecular weight excluding hydrogens is 285 g/mol. The standard InChI is InChI=1S/C13H17ClFN3O2/c1-3-7(2)11(18-13(16)20)12(19)17-8-4-5-10(15)9(14)6-8/h4-7,11H,3H2,1-2H3,(H,17,19)(H3,16,18,20). The summed E-state index contributed by atoms with van der Waals surface area (Å²) in [5, 5.41) is 4.87. The molecule has 0 aromatic heterocycles. The zero-order valence-electron chi connectivity index (χ0n) is 11.2. The second-order valence-corrected chi connectivity index (χ2v) is 4.90. The number of hydrogen-bond acceptors (Lipinski definition) is 2. The molecule has 4 N–H and O–H groups in total. The Morgan fingerprint density at radius 2 is 2.10 bits per heavy atom. The molecule has 1 rings (SSSR count). The predicted molar refractivity (Wildman–Crippen MR) is 76.0 cm³/mol. The Balaban J connectivity index is 2.84. The van der Waals surface area contributed by atoms with Crippen molar-refractivity contribution in [3.8, 4) is 0 Å². The van der Waals surface area contributed by atoms with Crippen molar-refractivity contribution in [2.75, 3.05) is 5.32 Å². The average Bonchev–Trinajstić information content (AvgIpc) is 2.39. The van der Waals surface area contributed by atoms with Gasteiger partial charge in [-0.3, -0.25) is 4.79 Å². The number of hydrogen-bond donors (Lipinski definition) is 3. The van der Waals surface area contributed by atoms with Crippen molar-refractivity contribution in [2.45, 2.75) is 26.3 Å². The molecule has 0 saturated carbocycles. The number of amides is 3. The third-order valence-electron chi connectivity index (χ3n) is 2.98. The van der Waals surface area contributed by atoms with Crippen LogP contribution >= 0.6 is 11.6 Å². The summed E-state index contributed by atoms with van der Waals surface area (Å²) in [7, 11) is 0. The summed E-state index contributed by atoms with van der Waals surface area (Å²) in [4.78, 5) is 23.1. The van der Waals surface area contributed by atoms with Crippen LogP contribution in [0.3, 0.4) is 0 Å². The van der Waals surface area contributed by atoms with Crippen molar-refractivity contribution in [1.82, 2.24) is 5.32 Å². The zero-order chi connectivity index (χ0) is 15.3. The molecule has 0 fully saturated rings. The molecule has 0 aliphatic heterocycles. The number of halogens is 2. The number of nitrogens with one attached hydrogen (secondary N) is 2. The molecule has 0 spiro atoms. The molecule has 0 aliphatic rings. The Kier molecular flexibility index (Phi) is 5.76. The molecule has 1 aromatic rings. The van der Waals surface area contributed by atoms with Crippen LogP contribution in [0, 0.1) is 11.7 Å². The normalized spacial score (nSPS) is 13.4. The van der Waals surface area contributed by atoms with Crippen molar-refractivity contribution in [1.29, 1.82) is 0 Å². The highest BCUT2D eigenvalue weighted by molar-refractivity contribution is 6.31. The smallest absolute Gasteiger partial charge is 0.312 e. The largest absolute Gasteiger partial charge is 0.352 e. The highest BCUT2D eigenvalue weighted by atomic mass is 35.5. The fourth-order valence-corrected chi connectivity index (χ4v) is 1.83. The van der Waals surface area contributed by atoms with Gasteiger partial charge in [0.05, 0.1) is 5.02 Å². The van der Waals surface area contributed by atoms with E-state index in [1.165, 1.54) is 12.1 Å². The van der Waals surface area contributed by atoms with Crippen LogP contribution in [0.25, 0.3) is 0 Å². The number of carbonyl (C=O) groups excluding carboxylic acids is 2. The van der Waals surface area contributed by atoms with Crippen molar-refractivity contribution in [2.24, 2.45) is 11.7 Å². The van der Waals surface area contributed by atoms with E-state index < -0.39 is 23.8 Å². The van der Waals surface area contributed by atoms with Crippen molar-refractivity contribution >= 4 is 29.2 Å². The molecule has 0 aliphatic carbocycles. The Morgan fingerprint density at radius 3 is 2.60 bits per heavy atom. The van der Waals surface area contributed by atoms with E-state index in [4.69, 9.17) is 17.3 Å². The van der Waals surface area contributed by atoms with E-state index in [2.05, 4.69) is 10.6 Å². The van der Waals surface area contributed by atoms with E-state index in [9.17, 15) is 14.0 Å². The molecule has 0 radical (unpaired) electrons. The Bertz CT molecular complexity index is 510. The average molecular weight is 302 g/mol. The predicted octanol–water partition coefficient (Wildman–Crippen LogP) is 2.50. The van der Waals surface area contributed by atoms with E-state index in [1.54, 1.807) is 0 Å². The Morgan fingerprint density at radius 1 is 1.45 bits per heavy atom. The molecule has 0 heterocycles. The SMILES string of the molecule is CCC(C)C(NC(N)=O)C(=O)Nc1ccc(F)c(Cl)c1. The van der Waals surface area contributed by atoms with Gasteiger partial charge < -0.3 is 16.4 Å². The molecule has 0 bridgehead atoms. The topological polar surface area (TPSA) is 84.2 Å². The molecular formula is C13H17ClFN3O2. The summed E-state index contributed by atoms with van der Waals surface area (Å²) >= 11 is 5.63. The summed E-state index contributed by atoms with van der Waals surface area (Å²) in [6.07, 6.45) is 0.683. The number of nitrogens with two attached hydrogens (primary N) is 1. The molecule has 5 nitrogen and oxygen atoms in total.